The van der Waals surface area contributed by atoms with E-state index in [4.69, 9.17) is 20.4 Å². The van der Waals surface area contributed by atoms with Gasteiger partial charge in [-0.2, -0.15) is 0 Å². The maximum absolute atomic E-state index is 8.70. The molecule has 0 fully saturated rings. The van der Waals surface area contributed by atoms with Gasteiger partial charge in [-0.1, -0.05) is 6.92 Å². The van der Waals surface area contributed by atoms with Gasteiger partial charge in [-0.05, 0) is 26.7 Å². The van der Waals surface area contributed by atoms with E-state index in [1.807, 2.05) is 6.92 Å². The number of aliphatic hydroxyl groups excluding tert-OH is 4. The summed E-state index contributed by atoms with van der Waals surface area (Å²) in [6.45, 7) is 5.07. The highest BCUT2D eigenvalue weighted by Crippen LogP contribution is 1.92. The van der Waals surface area contributed by atoms with Crippen LogP contribution in [0.2, 0.25) is 0 Å². The van der Waals surface area contributed by atoms with Crippen LogP contribution in [-0.2, 0) is 0 Å². The zero-order valence-electron chi connectivity index (χ0n) is 8.64. The first-order chi connectivity index (χ1) is 5.95. The predicted molar refractivity (Wildman–Crippen MR) is 51.4 cm³/mol. The number of hydrogen-bond acceptors (Lipinski definition) is 4. The zero-order chi connectivity index (χ0) is 10.9. The second-order valence-electron chi connectivity index (χ2n) is 3.06. The number of hydrogen-bond donors (Lipinski definition) is 4. The van der Waals surface area contributed by atoms with Crippen LogP contribution in [0.15, 0.2) is 0 Å². The van der Waals surface area contributed by atoms with E-state index in [2.05, 4.69) is 0 Å². The highest BCUT2D eigenvalue weighted by Gasteiger charge is 1.99. The molecule has 0 aliphatic heterocycles. The van der Waals surface area contributed by atoms with Crippen LogP contribution in [0.25, 0.3) is 0 Å². The van der Waals surface area contributed by atoms with Gasteiger partial charge in [-0.15, -0.1) is 0 Å². The second-order valence-corrected chi connectivity index (χ2v) is 3.06. The topological polar surface area (TPSA) is 80.9 Å². The van der Waals surface area contributed by atoms with Crippen LogP contribution < -0.4 is 0 Å². The first-order valence-electron chi connectivity index (χ1n) is 4.60. The highest BCUT2D eigenvalue weighted by atomic mass is 16.3. The molecule has 4 N–H and O–H groups in total. The molecule has 0 heterocycles. The Labute approximate surface area is 79.8 Å². The third-order valence-corrected chi connectivity index (χ3v) is 1.63. The van der Waals surface area contributed by atoms with Crippen LogP contribution in [0, 0.1) is 0 Å². The first-order valence-corrected chi connectivity index (χ1v) is 4.60. The summed E-state index contributed by atoms with van der Waals surface area (Å²) in [5.74, 6) is 0. The lowest BCUT2D eigenvalue weighted by Gasteiger charge is -2.03. The fourth-order valence-electron chi connectivity index (χ4n) is 0.353. The van der Waals surface area contributed by atoms with Gasteiger partial charge in [0.1, 0.15) is 0 Å². The van der Waals surface area contributed by atoms with Gasteiger partial charge in [-0.25, -0.2) is 0 Å². The van der Waals surface area contributed by atoms with Crippen molar-refractivity contribution < 1.29 is 20.4 Å². The van der Waals surface area contributed by atoms with Gasteiger partial charge < -0.3 is 20.4 Å². The number of aliphatic hydroxyl groups is 4. The lowest BCUT2D eigenvalue weighted by molar-refractivity contribution is 0.0438. The molecule has 0 saturated carbocycles. The van der Waals surface area contributed by atoms with Crippen molar-refractivity contribution in [1.29, 1.82) is 0 Å². The van der Waals surface area contributed by atoms with Crippen LogP contribution in [0.1, 0.15) is 33.6 Å². The van der Waals surface area contributed by atoms with Crippen molar-refractivity contribution in [3.05, 3.63) is 0 Å². The molecular weight excluding hydrogens is 172 g/mol. The van der Waals surface area contributed by atoms with Gasteiger partial charge in [0, 0.05) is 6.61 Å². The minimum atomic E-state index is -0.593. The minimum absolute atomic E-state index is 0.0923. The molecule has 13 heavy (non-hydrogen) atoms. The Morgan fingerprint density at radius 1 is 1.00 bits per heavy atom. The fourth-order valence-corrected chi connectivity index (χ4v) is 0.353. The van der Waals surface area contributed by atoms with E-state index in [0.29, 0.717) is 6.42 Å². The van der Waals surface area contributed by atoms with Gasteiger partial charge in [-0.3, -0.25) is 0 Å². The molecule has 4 nitrogen and oxygen atoms in total. The van der Waals surface area contributed by atoms with Gasteiger partial charge >= 0.3 is 0 Å². The summed E-state index contributed by atoms with van der Waals surface area (Å²) in [4.78, 5) is 0. The van der Waals surface area contributed by atoms with E-state index in [-0.39, 0.29) is 12.7 Å². The first kappa shape index (κ1) is 15.3. The van der Waals surface area contributed by atoms with Crippen LogP contribution >= 0.6 is 0 Å². The molecule has 0 rings (SSSR count). The van der Waals surface area contributed by atoms with Crippen molar-refractivity contribution in [1.82, 2.24) is 0 Å². The van der Waals surface area contributed by atoms with Crippen LogP contribution in [-0.4, -0.2) is 45.3 Å². The fraction of sp³-hybridized carbons (Fsp3) is 1.00. The standard InChI is InChI=1S/C5H12O2.C4H10O2/c1-2-5(7)3-4-6;1-3(5)4(2)6/h5-7H,2-4H2,1H3;3-6H,1-2H3. The number of rotatable bonds is 4. The van der Waals surface area contributed by atoms with E-state index in [1.165, 1.54) is 0 Å². The molecule has 0 aliphatic rings. The van der Waals surface area contributed by atoms with Crippen molar-refractivity contribution >= 4 is 0 Å². The monoisotopic (exact) mass is 194 g/mol. The van der Waals surface area contributed by atoms with Crippen molar-refractivity contribution in [3.8, 4) is 0 Å². The lowest BCUT2D eigenvalue weighted by Crippen LogP contribution is -2.17. The van der Waals surface area contributed by atoms with E-state index >= 15 is 0 Å². The van der Waals surface area contributed by atoms with Crippen molar-refractivity contribution in [3.63, 3.8) is 0 Å². The normalized spacial score (nSPS) is 16.8. The Morgan fingerprint density at radius 2 is 1.38 bits per heavy atom. The summed E-state index contributed by atoms with van der Waals surface area (Å²) in [7, 11) is 0. The van der Waals surface area contributed by atoms with Gasteiger partial charge in [0.05, 0.1) is 18.3 Å². The Balaban J connectivity index is 0. The van der Waals surface area contributed by atoms with Crippen LogP contribution in [0.3, 0.4) is 0 Å². The molecule has 3 atom stereocenters. The Kier molecular flexibility index (Phi) is 11.7. The molecule has 0 aromatic heterocycles. The van der Waals surface area contributed by atoms with E-state index in [9.17, 15) is 0 Å². The van der Waals surface area contributed by atoms with Crippen molar-refractivity contribution in [2.24, 2.45) is 0 Å². The highest BCUT2D eigenvalue weighted by molar-refractivity contribution is 4.51. The Bertz CT molecular complexity index is 87.6. The largest absolute Gasteiger partial charge is 0.396 e. The maximum Gasteiger partial charge on any atom is 0.0768 e. The molecule has 0 saturated heterocycles. The Hall–Kier alpha value is -0.160. The molecule has 0 spiro atoms. The van der Waals surface area contributed by atoms with Gasteiger partial charge in [0.25, 0.3) is 0 Å². The van der Waals surface area contributed by atoms with Crippen LogP contribution in [0.5, 0.6) is 0 Å². The SMILES string of the molecule is CC(O)C(C)O.CCC(O)CCO. The molecule has 0 amide bonds. The van der Waals surface area contributed by atoms with E-state index in [1.54, 1.807) is 13.8 Å². The molecule has 4 heteroatoms. The smallest absolute Gasteiger partial charge is 0.0768 e. The average molecular weight is 194 g/mol. The summed E-state index contributed by atoms with van der Waals surface area (Å²) in [5, 5.41) is 33.7. The molecular formula is C9H22O4. The summed E-state index contributed by atoms with van der Waals surface area (Å²) in [6, 6.07) is 0. The van der Waals surface area contributed by atoms with Gasteiger partial charge in [0.15, 0.2) is 0 Å². The summed E-state index contributed by atoms with van der Waals surface area (Å²) in [5.41, 5.74) is 0. The quantitative estimate of drug-likeness (QED) is 0.503. The molecule has 82 valence electrons. The van der Waals surface area contributed by atoms with E-state index in [0.717, 1.165) is 6.42 Å². The summed E-state index contributed by atoms with van der Waals surface area (Å²) < 4.78 is 0. The summed E-state index contributed by atoms with van der Waals surface area (Å²) >= 11 is 0. The molecule has 0 aromatic rings. The third kappa shape index (κ3) is 14.7. The van der Waals surface area contributed by atoms with Crippen molar-refractivity contribution in [2.75, 3.05) is 6.61 Å². The molecule has 3 unspecified atom stereocenters. The zero-order valence-corrected chi connectivity index (χ0v) is 8.64. The van der Waals surface area contributed by atoms with Crippen LogP contribution in [0.4, 0.5) is 0 Å². The third-order valence-electron chi connectivity index (χ3n) is 1.63. The lowest BCUT2D eigenvalue weighted by atomic mass is 10.2. The summed E-state index contributed by atoms with van der Waals surface area (Å²) in [6.07, 6.45) is -0.239. The second kappa shape index (κ2) is 9.92. The molecule has 0 aliphatic carbocycles. The Morgan fingerprint density at radius 3 is 1.46 bits per heavy atom. The maximum atomic E-state index is 8.70. The molecule has 0 bridgehead atoms. The average Bonchev–Trinajstić information content (AvgIpc) is 2.05. The van der Waals surface area contributed by atoms with Gasteiger partial charge in [0.2, 0.25) is 0 Å². The molecule has 0 aromatic carbocycles. The van der Waals surface area contributed by atoms with E-state index < -0.39 is 12.2 Å². The van der Waals surface area contributed by atoms with Crippen molar-refractivity contribution in [2.45, 2.75) is 51.9 Å². The molecule has 0 radical (unpaired) electrons. The minimum Gasteiger partial charge on any atom is -0.396 e. The predicted octanol–water partition coefficient (Wildman–Crippen LogP) is -0.112.